The number of rotatable bonds is 5. The van der Waals surface area contributed by atoms with Gasteiger partial charge in [-0.05, 0) is 75.9 Å². The molecule has 0 bridgehead atoms. The van der Waals surface area contributed by atoms with Crippen LogP contribution >= 0.6 is 15.9 Å². The molecule has 0 aliphatic heterocycles. The van der Waals surface area contributed by atoms with E-state index in [1.807, 2.05) is 0 Å². The van der Waals surface area contributed by atoms with E-state index < -0.39 is 0 Å². The second-order valence-corrected chi connectivity index (χ2v) is 6.89. The number of nitrogens with zero attached hydrogens (tertiary/aromatic N) is 2. The molecule has 0 unspecified atom stereocenters. The lowest BCUT2D eigenvalue weighted by Crippen LogP contribution is -2.19. The van der Waals surface area contributed by atoms with E-state index >= 15 is 0 Å². The first-order chi connectivity index (χ1) is 10.1. The third kappa shape index (κ3) is 3.22. The predicted molar refractivity (Wildman–Crippen MR) is 90.2 cm³/mol. The van der Waals surface area contributed by atoms with E-state index in [1.165, 1.54) is 35.3 Å². The SMILES string of the molecule is Cc1cc(Br)ccc1-n1nc(C)c(CCNC2CC2)c1C. The number of hydrogen-bond acceptors (Lipinski definition) is 2. The average molecular weight is 348 g/mol. The van der Waals surface area contributed by atoms with Crippen LogP contribution < -0.4 is 5.32 Å². The largest absolute Gasteiger partial charge is 0.314 e. The highest BCUT2D eigenvalue weighted by molar-refractivity contribution is 9.10. The van der Waals surface area contributed by atoms with Crippen LogP contribution in [-0.2, 0) is 6.42 Å². The Labute approximate surface area is 134 Å². The molecule has 0 saturated heterocycles. The molecule has 0 atom stereocenters. The minimum atomic E-state index is 0.773. The van der Waals surface area contributed by atoms with Crippen molar-refractivity contribution in [2.24, 2.45) is 0 Å². The molecule has 3 rings (SSSR count). The molecule has 0 amide bonds. The van der Waals surface area contributed by atoms with Crippen LogP contribution in [-0.4, -0.2) is 22.4 Å². The van der Waals surface area contributed by atoms with Crippen LogP contribution in [0.1, 0.15) is 35.4 Å². The van der Waals surface area contributed by atoms with E-state index in [2.05, 4.69) is 64.9 Å². The summed E-state index contributed by atoms with van der Waals surface area (Å²) >= 11 is 3.52. The van der Waals surface area contributed by atoms with E-state index in [0.29, 0.717) is 0 Å². The van der Waals surface area contributed by atoms with Crippen LogP contribution in [0.4, 0.5) is 0 Å². The lowest BCUT2D eigenvalue weighted by molar-refractivity contribution is 0.679. The van der Waals surface area contributed by atoms with Crippen molar-refractivity contribution in [1.29, 1.82) is 0 Å². The Morgan fingerprint density at radius 1 is 1.29 bits per heavy atom. The third-order valence-corrected chi connectivity index (χ3v) is 4.71. The monoisotopic (exact) mass is 347 g/mol. The van der Waals surface area contributed by atoms with E-state index in [4.69, 9.17) is 5.10 Å². The number of nitrogens with one attached hydrogen (secondary N) is 1. The molecule has 0 spiro atoms. The van der Waals surface area contributed by atoms with Gasteiger partial charge in [0.25, 0.3) is 0 Å². The van der Waals surface area contributed by atoms with E-state index in [0.717, 1.165) is 29.2 Å². The Hall–Kier alpha value is -1.13. The first-order valence-corrected chi connectivity index (χ1v) is 8.40. The average Bonchev–Trinajstić information content (AvgIpc) is 3.20. The van der Waals surface area contributed by atoms with Crippen LogP contribution in [0.25, 0.3) is 5.69 Å². The fraction of sp³-hybridized carbons (Fsp3) is 0.471. The van der Waals surface area contributed by atoms with Gasteiger partial charge in [-0.3, -0.25) is 0 Å². The molecule has 1 aromatic carbocycles. The molecule has 0 radical (unpaired) electrons. The molecule has 4 heteroatoms. The minimum Gasteiger partial charge on any atom is -0.314 e. The van der Waals surface area contributed by atoms with E-state index in [-0.39, 0.29) is 0 Å². The summed E-state index contributed by atoms with van der Waals surface area (Å²) in [4.78, 5) is 0. The van der Waals surface area contributed by atoms with Gasteiger partial charge >= 0.3 is 0 Å². The summed E-state index contributed by atoms with van der Waals surface area (Å²) < 4.78 is 3.20. The molecule has 3 nitrogen and oxygen atoms in total. The quantitative estimate of drug-likeness (QED) is 0.889. The lowest BCUT2D eigenvalue weighted by Gasteiger charge is -2.09. The van der Waals surface area contributed by atoms with Crippen molar-refractivity contribution in [3.05, 3.63) is 45.2 Å². The predicted octanol–water partition coefficient (Wildman–Crippen LogP) is 3.85. The smallest absolute Gasteiger partial charge is 0.0678 e. The van der Waals surface area contributed by atoms with Crippen molar-refractivity contribution < 1.29 is 0 Å². The zero-order chi connectivity index (χ0) is 15.0. The number of halogens is 1. The lowest BCUT2D eigenvalue weighted by atomic mass is 10.1. The first kappa shape index (κ1) is 14.8. The topological polar surface area (TPSA) is 29.9 Å². The summed E-state index contributed by atoms with van der Waals surface area (Å²) in [6.07, 6.45) is 3.74. The maximum atomic E-state index is 4.76. The fourth-order valence-corrected chi connectivity index (χ4v) is 3.29. The van der Waals surface area contributed by atoms with Crippen molar-refractivity contribution in [1.82, 2.24) is 15.1 Å². The molecular formula is C17H22BrN3. The van der Waals surface area contributed by atoms with Gasteiger partial charge in [-0.1, -0.05) is 15.9 Å². The summed E-state index contributed by atoms with van der Waals surface area (Å²) in [5, 5.41) is 8.34. The second-order valence-electron chi connectivity index (χ2n) is 5.97. The maximum absolute atomic E-state index is 4.76. The summed E-state index contributed by atoms with van der Waals surface area (Å²) in [6.45, 7) is 7.47. The standard InChI is InChI=1S/C17H22BrN3/c1-11-10-14(18)4-7-17(11)21-13(3)16(12(2)20-21)8-9-19-15-5-6-15/h4,7,10,15,19H,5-6,8-9H2,1-3H3. The zero-order valence-electron chi connectivity index (χ0n) is 12.9. The van der Waals surface area contributed by atoms with Gasteiger partial charge in [0.1, 0.15) is 0 Å². The molecule has 112 valence electrons. The van der Waals surface area contributed by atoms with Crippen LogP contribution in [0.2, 0.25) is 0 Å². The summed E-state index contributed by atoms with van der Waals surface area (Å²) in [5.41, 5.74) is 6.19. The highest BCUT2D eigenvalue weighted by Gasteiger charge is 2.20. The van der Waals surface area contributed by atoms with Crippen molar-refractivity contribution in [2.45, 2.75) is 46.1 Å². The van der Waals surface area contributed by atoms with Crippen molar-refractivity contribution in [2.75, 3.05) is 6.54 Å². The highest BCUT2D eigenvalue weighted by Crippen LogP contribution is 2.24. The van der Waals surface area contributed by atoms with Gasteiger partial charge in [0.15, 0.2) is 0 Å². The Balaban J connectivity index is 1.85. The molecule has 21 heavy (non-hydrogen) atoms. The summed E-state index contributed by atoms with van der Waals surface area (Å²) in [6, 6.07) is 7.12. The van der Waals surface area contributed by atoms with Crippen LogP contribution in [0, 0.1) is 20.8 Å². The molecular weight excluding hydrogens is 326 g/mol. The van der Waals surface area contributed by atoms with Crippen LogP contribution in [0.3, 0.4) is 0 Å². The minimum absolute atomic E-state index is 0.773. The summed E-state index contributed by atoms with van der Waals surface area (Å²) in [5.74, 6) is 0. The van der Waals surface area contributed by atoms with E-state index in [9.17, 15) is 0 Å². The van der Waals surface area contributed by atoms with Gasteiger partial charge in [0, 0.05) is 16.2 Å². The Kier molecular flexibility index (Phi) is 4.18. The van der Waals surface area contributed by atoms with Gasteiger partial charge < -0.3 is 5.32 Å². The molecule has 1 heterocycles. The summed E-state index contributed by atoms with van der Waals surface area (Å²) in [7, 11) is 0. The molecule has 1 aliphatic carbocycles. The highest BCUT2D eigenvalue weighted by atomic mass is 79.9. The number of aromatic nitrogens is 2. The van der Waals surface area contributed by atoms with Crippen molar-refractivity contribution in [3.63, 3.8) is 0 Å². The number of aryl methyl sites for hydroxylation is 2. The molecule has 1 aromatic heterocycles. The second kappa shape index (κ2) is 5.93. The van der Waals surface area contributed by atoms with Crippen LogP contribution in [0.15, 0.2) is 22.7 Å². The van der Waals surface area contributed by atoms with Gasteiger partial charge in [-0.15, -0.1) is 0 Å². The molecule has 1 aliphatic rings. The Bertz CT molecular complexity index is 656. The van der Waals surface area contributed by atoms with Crippen molar-refractivity contribution >= 4 is 15.9 Å². The number of hydrogen-bond donors (Lipinski definition) is 1. The fourth-order valence-electron chi connectivity index (χ4n) is 2.82. The number of benzene rings is 1. The third-order valence-electron chi connectivity index (χ3n) is 4.21. The Morgan fingerprint density at radius 3 is 2.71 bits per heavy atom. The van der Waals surface area contributed by atoms with Crippen molar-refractivity contribution in [3.8, 4) is 5.69 Å². The van der Waals surface area contributed by atoms with Gasteiger partial charge in [-0.25, -0.2) is 4.68 Å². The van der Waals surface area contributed by atoms with Gasteiger partial charge in [0.2, 0.25) is 0 Å². The molecule has 2 aromatic rings. The van der Waals surface area contributed by atoms with E-state index in [1.54, 1.807) is 0 Å². The maximum Gasteiger partial charge on any atom is 0.0678 e. The molecule has 1 fully saturated rings. The zero-order valence-corrected chi connectivity index (χ0v) is 14.5. The molecule has 1 N–H and O–H groups in total. The van der Waals surface area contributed by atoms with Gasteiger partial charge in [-0.2, -0.15) is 5.10 Å². The van der Waals surface area contributed by atoms with Crippen LogP contribution in [0.5, 0.6) is 0 Å². The Morgan fingerprint density at radius 2 is 2.05 bits per heavy atom. The normalized spacial score (nSPS) is 14.7. The molecule has 1 saturated carbocycles. The van der Waals surface area contributed by atoms with Gasteiger partial charge in [0.05, 0.1) is 11.4 Å². The first-order valence-electron chi connectivity index (χ1n) is 7.61.